The SMILES string of the molecule is O=[N+]([O-])c1ccc(Br)cc1S(=O)(=O)NC1CCCCCC1. The van der Waals surface area contributed by atoms with E-state index in [1.54, 1.807) is 0 Å². The normalized spacial score (nSPS) is 17.4. The predicted octanol–water partition coefficient (Wildman–Crippen LogP) is 3.36. The zero-order valence-electron chi connectivity index (χ0n) is 11.4. The van der Waals surface area contributed by atoms with Crippen molar-refractivity contribution in [2.45, 2.75) is 49.5 Å². The highest BCUT2D eigenvalue weighted by Gasteiger charge is 2.28. The summed E-state index contributed by atoms with van der Waals surface area (Å²) in [6.45, 7) is 0. The predicted molar refractivity (Wildman–Crippen MR) is 82.6 cm³/mol. The Hall–Kier alpha value is -0.990. The number of nitro groups is 1. The van der Waals surface area contributed by atoms with E-state index in [-0.39, 0.29) is 10.9 Å². The molecule has 1 saturated carbocycles. The van der Waals surface area contributed by atoms with E-state index >= 15 is 0 Å². The van der Waals surface area contributed by atoms with Gasteiger partial charge >= 0.3 is 0 Å². The highest BCUT2D eigenvalue weighted by molar-refractivity contribution is 9.10. The standard InChI is InChI=1S/C13H17BrN2O4S/c14-10-7-8-12(16(17)18)13(9-10)21(19,20)15-11-5-3-1-2-4-6-11/h7-9,11,15H,1-6H2. The Morgan fingerprint density at radius 1 is 1.19 bits per heavy atom. The quantitative estimate of drug-likeness (QED) is 0.495. The van der Waals surface area contributed by atoms with Crippen LogP contribution in [-0.2, 0) is 10.0 Å². The third-order valence-electron chi connectivity index (χ3n) is 3.59. The van der Waals surface area contributed by atoms with Crippen LogP contribution in [0.3, 0.4) is 0 Å². The lowest BCUT2D eigenvalue weighted by atomic mass is 10.1. The molecule has 116 valence electrons. The second-order valence-corrected chi connectivity index (χ2v) is 7.78. The van der Waals surface area contributed by atoms with Crippen LogP contribution in [0, 0.1) is 10.1 Å². The highest BCUT2D eigenvalue weighted by atomic mass is 79.9. The lowest BCUT2D eigenvalue weighted by Crippen LogP contribution is -2.34. The molecule has 1 aromatic carbocycles. The number of nitro benzene ring substituents is 1. The van der Waals surface area contributed by atoms with Crippen molar-refractivity contribution in [1.29, 1.82) is 0 Å². The van der Waals surface area contributed by atoms with Gasteiger partial charge < -0.3 is 0 Å². The van der Waals surface area contributed by atoms with Crippen molar-refractivity contribution < 1.29 is 13.3 Å². The molecule has 0 atom stereocenters. The molecule has 1 aliphatic carbocycles. The number of sulfonamides is 1. The molecule has 0 unspecified atom stereocenters. The fourth-order valence-corrected chi connectivity index (χ4v) is 4.55. The van der Waals surface area contributed by atoms with Gasteiger partial charge in [0.25, 0.3) is 5.69 Å². The largest absolute Gasteiger partial charge is 0.289 e. The molecule has 0 aliphatic heterocycles. The first kappa shape index (κ1) is 16.4. The maximum atomic E-state index is 12.5. The third kappa shape index (κ3) is 4.24. The summed E-state index contributed by atoms with van der Waals surface area (Å²) in [7, 11) is -3.90. The van der Waals surface area contributed by atoms with Crippen molar-refractivity contribution in [2.24, 2.45) is 0 Å². The summed E-state index contributed by atoms with van der Waals surface area (Å²) < 4.78 is 28.0. The zero-order chi connectivity index (χ0) is 15.5. The molecule has 2 rings (SSSR count). The van der Waals surface area contributed by atoms with Crippen LogP contribution in [-0.4, -0.2) is 19.4 Å². The van der Waals surface area contributed by atoms with Crippen molar-refractivity contribution in [2.75, 3.05) is 0 Å². The molecule has 1 aromatic rings. The maximum absolute atomic E-state index is 12.5. The minimum Gasteiger partial charge on any atom is -0.258 e. The zero-order valence-corrected chi connectivity index (χ0v) is 13.8. The van der Waals surface area contributed by atoms with E-state index in [4.69, 9.17) is 0 Å². The van der Waals surface area contributed by atoms with Crippen molar-refractivity contribution in [1.82, 2.24) is 4.72 Å². The van der Waals surface area contributed by atoms with Gasteiger partial charge in [0.15, 0.2) is 4.90 Å². The van der Waals surface area contributed by atoms with Crippen molar-refractivity contribution >= 4 is 31.6 Å². The number of nitrogens with zero attached hydrogens (tertiary/aromatic N) is 1. The first-order chi connectivity index (χ1) is 9.90. The monoisotopic (exact) mass is 376 g/mol. The maximum Gasteiger partial charge on any atom is 0.289 e. The Labute approximate surface area is 132 Å². The topological polar surface area (TPSA) is 89.3 Å². The average molecular weight is 377 g/mol. The van der Waals surface area contributed by atoms with E-state index in [0.717, 1.165) is 38.5 Å². The first-order valence-corrected chi connectivity index (χ1v) is 9.14. The lowest BCUT2D eigenvalue weighted by Gasteiger charge is -2.16. The van der Waals surface area contributed by atoms with E-state index in [1.165, 1.54) is 18.2 Å². The molecular weight excluding hydrogens is 360 g/mol. The fraction of sp³-hybridized carbons (Fsp3) is 0.538. The fourth-order valence-electron chi connectivity index (χ4n) is 2.53. The Morgan fingerprint density at radius 2 is 1.81 bits per heavy atom. The Kier molecular flexibility index (Phi) is 5.34. The summed E-state index contributed by atoms with van der Waals surface area (Å²) >= 11 is 3.16. The van der Waals surface area contributed by atoms with Gasteiger partial charge in [0.2, 0.25) is 10.0 Å². The van der Waals surface area contributed by atoms with E-state index in [1.807, 2.05) is 0 Å². The summed E-state index contributed by atoms with van der Waals surface area (Å²) in [5, 5.41) is 11.0. The molecule has 21 heavy (non-hydrogen) atoms. The van der Waals surface area contributed by atoms with E-state index in [2.05, 4.69) is 20.7 Å². The van der Waals surface area contributed by atoms with Crippen molar-refractivity contribution in [3.05, 3.63) is 32.8 Å². The molecule has 0 amide bonds. The number of hydrogen-bond donors (Lipinski definition) is 1. The van der Waals surface area contributed by atoms with E-state index in [0.29, 0.717) is 4.47 Å². The molecule has 8 heteroatoms. The lowest BCUT2D eigenvalue weighted by molar-refractivity contribution is -0.387. The number of nitrogens with one attached hydrogen (secondary N) is 1. The molecular formula is C13H17BrN2O4S. The molecule has 0 saturated heterocycles. The van der Waals surface area contributed by atoms with Gasteiger partial charge in [-0.3, -0.25) is 10.1 Å². The minimum absolute atomic E-state index is 0.143. The van der Waals surface area contributed by atoms with Gasteiger partial charge in [-0.15, -0.1) is 0 Å². The first-order valence-electron chi connectivity index (χ1n) is 6.86. The van der Waals surface area contributed by atoms with Gasteiger partial charge in [-0.05, 0) is 25.0 Å². The Balaban J connectivity index is 2.30. The number of hydrogen-bond acceptors (Lipinski definition) is 4. The number of rotatable bonds is 4. The van der Waals surface area contributed by atoms with Crippen LogP contribution in [0.1, 0.15) is 38.5 Å². The number of halogens is 1. The van der Waals surface area contributed by atoms with Gasteiger partial charge in [-0.25, -0.2) is 13.1 Å². The molecule has 6 nitrogen and oxygen atoms in total. The molecule has 1 aliphatic rings. The smallest absolute Gasteiger partial charge is 0.258 e. The molecule has 0 heterocycles. The van der Waals surface area contributed by atoms with Gasteiger partial charge in [0, 0.05) is 16.6 Å². The van der Waals surface area contributed by atoms with Crippen LogP contribution >= 0.6 is 15.9 Å². The Morgan fingerprint density at radius 3 is 2.38 bits per heavy atom. The van der Waals surface area contributed by atoms with Crippen LogP contribution in [0.4, 0.5) is 5.69 Å². The second-order valence-electron chi connectivity index (χ2n) is 5.18. The molecule has 0 aromatic heterocycles. The van der Waals surface area contributed by atoms with Crippen molar-refractivity contribution in [3.8, 4) is 0 Å². The van der Waals surface area contributed by atoms with Gasteiger partial charge in [0.1, 0.15) is 0 Å². The van der Waals surface area contributed by atoms with Crippen LogP contribution in [0.25, 0.3) is 0 Å². The summed E-state index contributed by atoms with van der Waals surface area (Å²) in [4.78, 5) is 10.1. The highest BCUT2D eigenvalue weighted by Crippen LogP contribution is 2.28. The summed E-state index contributed by atoms with van der Waals surface area (Å²) in [6, 6.07) is 3.79. The van der Waals surface area contributed by atoms with E-state index < -0.39 is 20.6 Å². The average Bonchev–Trinajstić information content (AvgIpc) is 2.66. The van der Waals surface area contributed by atoms with Gasteiger partial charge in [-0.2, -0.15) is 0 Å². The molecule has 0 bridgehead atoms. The minimum atomic E-state index is -3.90. The Bertz CT molecular complexity index is 625. The van der Waals surface area contributed by atoms with Gasteiger partial charge in [0.05, 0.1) is 4.92 Å². The molecule has 0 spiro atoms. The van der Waals surface area contributed by atoms with Crippen LogP contribution in [0.2, 0.25) is 0 Å². The molecule has 1 N–H and O–H groups in total. The van der Waals surface area contributed by atoms with Crippen LogP contribution in [0.15, 0.2) is 27.6 Å². The van der Waals surface area contributed by atoms with Crippen LogP contribution < -0.4 is 4.72 Å². The number of benzene rings is 1. The van der Waals surface area contributed by atoms with Gasteiger partial charge in [-0.1, -0.05) is 41.6 Å². The van der Waals surface area contributed by atoms with Crippen molar-refractivity contribution in [3.63, 3.8) is 0 Å². The van der Waals surface area contributed by atoms with E-state index in [9.17, 15) is 18.5 Å². The molecule has 0 radical (unpaired) electrons. The summed E-state index contributed by atoms with van der Waals surface area (Å²) in [5.41, 5.74) is -0.403. The summed E-state index contributed by atoms with van der Waals surface area (Å²) in [6.07, 6.45) is 5.73. The van der Waals surface area contributed by atoms with Crippen LogP contribution in [0.5, 0.6) is 0 Å². The summed E-state index contributed by atoms with van der Waals surface area (Å²) in [5.74, 6) is 0. The second kappa shape index (κ2) is 6.85. The molecule has 1 fully saturated rings. The third-order valence-corrected chi connectivity index (χ3v) is 5.63.